The molecule has 0 radical (unpaired) electrons. The van der Waals surface area contributed by atoms with Crippen LogP contribution >= 0.6 is 0 Å². The molecular weight excluding hydrogens is 362 g/mol. The molecule has 2 bridgehead atoms. The number of piperidine rings is 1. The Hall–Kier alpha value is -1.67. The lowest BCUT2D eigenvalue weighted by Gasteiger charge is -2.65. The van der Waals surface area contributed by atoms with Crippen molar-refractivity contribution in [3.05, 3.63) is 23.3 Å². The van der Waals surface area contributed by atoms with E-state index in [0.29, 0.717) is 44.4 Å². The van der Waals surface area contributed by atoms with Gasteiger partial charge in [-0.25, -0.2) is 0 Å². The number of benzene rings is 1. The highest BCUT2D eigenvalue weighted by Gasteiger charge is 2.78. The normalized spacial score (nSPS) is 45.2. The van der Waals surface area contributed by atoms with Crippen LogP contribution in [0.3, 0.4) is 0 Å². The predicted molar refractivity (Wildman–Crippen MR) is 96.7 cm³/mol. The summed E-state index contributed by atoms with van der Waals surface area (Å²) in [6.45, 7) is 0.526. The maximum absolute atomic E-state index is 12.8. The summed E-state index contributed by atoms with van der Waals surface area (Å²) >= 11 is 0. The molecule has 3 aliphatic carbocycles. The number of nitrogens with zero attached hydrogens (tertiary/aromatic N) is 1. The van der Waals surface area contributed by atoms with Crippen LogP contribution in [-0.2, 0) is 16.6 Å². The molecule has 2 heterocycles. The summed E-state index contributed by atoms with van der Waals surface area (Å²) < 4.78 is 6.19. The summed E-state index contributed by atoms with van der Waals surface area (Å²) in [5.74, 6) is 0.308. The third-order valence-electron chi connectivity index (χ3n) is 8.64. The van der Waals surface area contributed by atoms with Gasteiger partial charge >= 0.3 is 0 Å². The number of quaternary nitrogens is 1. The second kappa shape index (κ2) is 4.73. The molecule has 6 atom stereocenters. The number of hydrogen-bond acceptors (Lipinski definition) is 6. The molecule has 1 spiro atoms. The molecule has 1 unspecified atom stereocenters. The molecule has 1 saturated heterocycles. The van der Waals surface area contributed by atoms with E-state index in [1.54, 1.807) is 6.07 Å². The van der Waals surface area contributed by atoms with E-state index < -0.39 is 28.9 Å². The van der Waals surface area contributed by atoms with Crippen LogP contribution in [0.2, 0.25) is 0 Å². The molecule has 0 aromatic heterocycles. The minimum atomic E-state index is -1.24. The topological polar surface area (TPSA) is 107 Å². The maximum atomic E-state index is 12.8. The van der Waals surface area contributed by atoms with E-state index in [0.717, 1.165) is 11.1 Å². The van der Waals surface area contributed by atoms with E-state index in [-0.39, 0.29) is 28.5 Å². The largest absolute Gasteiger partial charge is 0.504 e. The molecule has 5 aliphatic rings. The van der Waals surface area contributed by atoms with Gasteiger partial charge in [0.2, 0.25) is 6.23 Å². The van der Waals surface area contributed by atoms with Gasteiger partial charge in [0.05, 0.1) is 19.0 Å². The van der Waals surface area contributed by atoms with Gasteiger partial charge in [-0.05, 0) is 30.9 Å². The summed E-state index contributed by atoms with van der Waals surface area (Å²) in [5.41, 5.74) is -1.48. The Morgan fingerprint density at radius 3 is 2.68 bits per heavy atom. The smallest absolute Gasteiger partial charge is 0.220 e. The van der Waals surface area contributed by atoms with Crippen molar-refractivity contribution in [1.82, 2.24) is 0 Å². The van der Waals surface area contributed by atoms with E-state index in [1.807, 2.05) is 13.1 Å². The lowest BCUT2D eigenvalue weighted by atomic mass is 9.48. The van der Waals surface area contributed by atoms with Gasteiger partial charge in [-0.3, -0.25) is 9.28 Å². The molecule has 1 aromatic carbocycles. The number of likely N-dealkylation sites (tertiary alicyclic amines) is 1. The number of rotatable bonds is 2. The van der Waals surface area contributed by atoms with Crippen molar-refractivity contribution in [2.24, 2.45) is 0 Å². The lowest BCUT2D eigenvalue weighted by molar-refractivity contribution is -0.994. The van der Waals surface area contributed by atoms with Crippen molar-refractivity contribution < 1.29 is 34.4 Å². The van der Waals surface area contributed by atoms with Crippen LogP contribution in [0.25, 0.3) is 0 Å². The molecule has 2 saturated carbocycles. The van der Waals surface area contributed by atoms with Crippen molar-refractivity contribution in [2.75, 3.05) is 13.6 Å². The van der Waals surface area contributed by atoms with Gasteiger partial charge in [-0.1, -0.05) is 6.07 Å². The number of Topliss-reactive ketones (excluding diaryl/α,β-unsaturated/α-hetero) is 1. The highest BCUT2D eigenvalue weighted by atomic mass is 16.5. The predicted octanol–water partition coefficient (Wildman–Crippen LogP) is 0.103. The Morgan fingerprint density at radius 1 is 1.21 bits per heavy atom. The van der Waals surface area contributed by atoms with Crippen LogP contribution in [0.1, 0.15) is 43.2 Å². The zero-order valence-corrected chi connectivity index (χ0v) is 15.9. The minimum Gasteiger partial charge on any atom is -0.504 e. The van der Waals surface area contributed by atoms with Gasteiger partial charge in [-0.15, -0.1) is 0 Å². The fourth-order valence-electron chi connectivity index (χ4n) is 7.00. The standard InChI is InChI=1S/C21H25NO6/c1-22(18(25)19(26)6-7-19)9-8-20-15-11-2-3-12(23)16(15)28-17(20)13(24)4-5-21(20,27)14(22)10-11/h2-3,14,17-18,25-27H,4-10H2,1H3/p+1/t14-,17-,18?,20-,21+,22-/m0/s1. The summed E-state index contributed by atoms with van der Waals surface area (Å²) in [7, 11) is 1.92. The van der Waals surface area contributed by atoms with Crippen molar-refractivity contribution in [3.8, 4) is 11.5 Å². The number of carbonyl (C=O) groups excluding carboxylic acids is 1. The number of carbonyl (C=O) groups is 1. The average Bonchev–Trinajstić information content (AvgIpc) is 3.30. The van der Waals surface area contributed by atoms with E-state index >= 15 is 0 Å². The monoisotopic (exact) mass is 388 g/mol. The number of likely N-dealkylation sites (N-methyl/N-ethyl adjacent to an activating group) is 1. The zero-order chi connectivity index (χ0) is 19.7. The number of ether oxygens (including phenoxy) is 1. The summed E-state index contributed by atoms with van der Waals surface area (Å²) in [6, 6.07) is 3.08. The highest BCUT2D eigenvalue weighted by molar-refractivity contribution is 5.90. The van der Waals surface area contributed by atoms with E-state index in [9.17, 15) is 25.2 Å². The molecule has 7 heteroatoms. The molecule has 7 nitrogen and oxygen atoms in total. The van der Waals surface area contributed by atoms with Crippen LogP contribution in [0.5, 0.6) is 11.5 Å². The van der Waals surface area contributed by atoms with Gasteiger partial charge in [-0.2, -0.15) is 0 Å². The van der Waals surface area contributed by atoms with Crippen LogP contribution in [0.4, 0.5) is 0 Å². The van der Waals surface area contributed by atoms with Gasteiger partial charge in [0.15, 0.2) is 23.4 Å². The Bertz CT molecular complexity index is 928. The first-order valence-electron chi connectivity index (χ1n) is 10.2. The number of hydrogen-bond donors (Lipinski definition) is 4. The second-order valence-electron chi connectivity index (χ2n) is 9.83. The summed E-state index contributed by atoms with van der Waals surface area (Å²) in [5, 5.41) is 44.4. The third-order valence-corrected chi connectivity index (χ3v) is 8.64. The number of ketones is 1. The van der Waals surface area contributed by atoms with Crippen molar-refractivity contribution in [1.29, 1.82) is 0 Å². The van der Waals surface area contributed by atoms with Gasteiger partial charge in [0, 0.05) is 24.8 Å². The quantitative estimate of drug-likeness (QED) is 0.536. The Morgan fingerprint density at radius 2 is 1.96 bits per heavy atom. The maximum Gasteiger partial charge on any atom is 0.220 e. The fraction of sp³-hybridized carbons (Fsp3) is 0.667. The van der Waals surface area contributed by atoms with E-state index in [1.165, 1.54) is 0 Å². The SMILES string of the molecule is C[N@+]1(C(O)C2(O)CC2)CC[C@]23c4c5ccc(O)c4O[C@H]2C(=O)CC[C@@]3(O)[C@@H]1C5. The number of aliphatic hydroxyl groups is 3. The summed E-state index contributed by atoms with van der Waals surface area (Å²) in [6.07, 6.45) is 0.849. The van der Waals surface area contributed by atoms with Crippen LogP contribution in [0, 0.1) is 0 Å². The Kier molecular flexibility index (Phi) is 2.90. The molecule has 3 fully saturated rings. The highest BCUT2D eigenvalue weighted by Crippen LogP contribution is 2.66. The molecule has 4 N–H and O–H groups in total. The van der Waals surface area contributed by atoms with Crippen molar-refractivity contribution in [2.45, 2.75) is 73.5 Å². The summed E-state index contributed by atoms with van der Waals surface area (Å²) in [4.78, 5) is 12.8. The minimum absolute atomic E-state index is 0.00581. The average molecular weight is 388 g/mol. The van der Waals surface area contributed by atoms with E-state index in [2.05, 4.69) is 0 Å². The zero-order valence-electron chi connectivity index (χ0n) is 15.9. The lowest BCUT2D eigenvalue weighted by Crippen LogP contribution is -2.83. The number of phenolic OH excluding ortho intramolecular Hbond substituents is 1. The Labute approximate surface area is 162 Å². The van der Waals surface area contributed by atoms with Crippen LogP contribution in [-0.4, -0.2) is 73.9 Å². The molecule has 28 heavy (non-hydrogen) atoms. The second-order valence-corrected chi connectivity index (χ2v) is 9.83. The molecule has 150 valence electrons. The molecule has 2 aliphatic heterocycles. The molecule has 6 rings (SSSR count). The molecule has 1 aromatic rings. The fourth-order valence-corrected chi connectivity index (χ4v) is 7.00. The first-order valence-corrected chi connectivity index (χ1v) is 10.2. The van der Waals surface area contributed by atoms with Gasteiger partial charge < -0.3 is 25.2 Å². The number of phenols is 1. The Balaban J connectivity index is 1.60. The van der Waals surface area contributed by atoms with Crippen LogP contribution < -0.4 is 4.74 Å². The number of aliphatic hydroxyl groups excluding tert-OH is 1. The molecule has 0 amide bonds. The van der Waals surface area contributed by atoms with Crippen molar-refractivity contribution >= 4 is 5.78 Å². The first kappa shape index (κ1) is 17.2. The van der Waals surface area contributed by atoms with Gasteiger partial charge in [0.1, 0.15) is 17.2 Å². The van der Waals surface area contributed by atoms with Gasteiger partial charge in [0.25, 0.3) is 0 Å². The van der Waals surface area contributed by atoms with E-state index in [4.69, 9.17) is 4.74 Å². The first-order chi connectivity index (χ1) is 13.2. The third kappa shape index (κ3) is 1.62. The number of aromatic hydroxyl groups is 1. The molecular formula is C21H26NO6+. The van der Waals surface area contributed by atoms with Crippen LogP contribution in [0.15, 0.2) is 12.1 Å². The van der Waals surface area contributed by atoms with Crippen molar-refractivity contribution in [3.63, 3.8) is 0 Å².